The van der Waals surface area contributed by atoms with Gasteiger partial charge in [0.25, 0.3) is 0 Å². The lowest BCUT2D eigenvalue weighted by atomic mass is 9.99. The van der Waals surface area contributed by atoms with Crippen molar-refractivity contribution in [3.05, 3.63) is 139 Å². The fourth-order valence-corrected chi connectivity index (χ4v) is 5.76. The first kappa shape index (κ1) is 23.5. The average molecular weight is 528 g/mol. The van der Waals surface area contributed by atoms with Crippen LogP contribution in [0.25, 0.3) is 66.6 Å². The van der Waals surface area contributed by atoms with Crippen molar-refractivity contribution < 1.29 is 4.42 Å². The Morgan fingerprint density at radius 2 is 1.24 bits per heavy atom. The molecular formula is C37H25N3O. The van der Waals surface area contributed by atoms with E-state index in [-0.39, 0.29) is 5.92 Å². The molecule has 0 amide bonds. The Hall–Kier alpha value is -5.35. The van der Waals surface area contributed by atoms with Gasteiger partial charge in [0.2, 0.25) is 0 Å². The quantitative estimate of drug-likeness (QED) is 0.229. The van der Waals surface area contributed by atoms with E-state index in [0.29, 0.717) is 11.6 Å². The highest BCUT2D eigenvalue weighted by Crippen LogP contribution is 2.37. The molecule has 1 atom stereocenters. The van der Waals surface area contributed by atoms with Gasteiger partial charge in [0, 0.05) is 33.2 Å². The minimum Gasteiger partial charge on any atom is -0.455 e. The second-order valence-corrected chi connectivity index (χ2v) is 10.4. The van der Waals surface area contributed by atoms with Gasteiger partial charge in [-0.1, -0.05) is 121 Å². The molecule has 4 nitrogen and oxygen atoms in total. The molecule has 1 aliphatic rings. The Bertz CT molecular complexity index is 2120. The second kappa shape index (κ2) is 9.68. The van der Waals surface area contributed by atoms with Gasteiger partial charge >= 0.3 is 0 Å². The minimum absolute atomic E-state index is 0.0983. The second-order valence-electron chi connectivity index (χ2n) is 10.4. The largest absolute Gasteiger partial charge is 0.455 e. The Labute approximate surface area is 237 Å². The minimum atomic E-state index is 0.0983. The van der Waals surface area contributed by atoms with Gasteiger partial charge in [-0.25, -0.2) is 15.0 Å². The number of aromatic nitrogens is 3. The molecule has 0 aliphatic heterocycles. The van der Waals surface area contributed by atoms with Crippen LogP contribution in [0.4, 0.5) is 0 Å². The number of rotatable bonds is 4. The van der Waals surface area contributed by atoms with Crippen molar-refractivity contribution in [2.45, 2.75) is 12.3 Å². The highest BCUT2D eigenvalue weighted by Gasteiger charge is 2.19. The first-order valence-electron chi connectivity index (χ1n) is 13.9. The van der Waals surface area contributed by atoms with Gasteiger partial charge in [-0.3, -0.25) is 0 Å². The van der Waals surface area contributed by atoms with Crippen LogP contribution in [-0.4, -0.2) is 15.0 Å². The highest BCUT2D eigenvalue weighted by atomic mass is 16.3. The van der Waals surface area contributed by atoms with Gasteiger partial charge in [0.15, 0.2) is 11.6 Å². The maximum atomic E-state index is 6.35. The first-order valence-corrected chi connectivity index (χ1v) is 13.9. The van der Waals surface area contributed by atoms with E-state index >= 15 is 0 Å². The summed E-state index contributed by atoms with van der Waals surface area (Å²) in [4.78, 5) is 15.1. The van der Waals surface area contributed by atoms with Crippen LogP contribution < -0.4 is 0 Å². The molecule has 194 valence electrons. The molecule has 0 saturated heterocycles. The van der Waals surface area contributed by atoms with Crippen LogP contribution >= 0.6 is 0 Å². The summed E-state index contributed by atoms with van der Waals surface area (Å²) >= 11 is 0. The fourth-order valence-electron chi connectivity index (χ4n) is 5.76. The van der Waals surface area contributed by atoms with Crippen molar-refractivity contribution in [2.24, 2.45) is 0 Å². The molecular weight excluding hydrogens is 502 g/mol. The average Bonchev–Trinajstić information content (AvgIpc) is 3.44. The molecule has 0 spiro atoms. The number of allylic oxidation sites excluding steroid dienone is 4. The van der Waals surface area contributed by atoms with Gasteiger partial charge < -0.3 is 4.42 Å². The number of para-hydroxylation sites is 1. The van der Waals surface area contributed by atoms with Crippen LogP contribution in [0.1, 0.15) is 18.2 Å². The zero-order chi connectivity index (χ0) is 27.2. The number of nitrogens with zero attached hydrogens (tertiary/aromatic N) is 3. The zero-order valence-corrected chi connectivity index (χ0v) is 22.2. The van der Waals surface area contributed by atoms with Crippen LogP contribution in [0.5, 0.6) is 0 Å². The normalized spacial score (nSPS) is 14.8. The molecule has 0 radical (unpaired) electrons. The zero-order valence-electron chi connectivity index (χ0n) is 22.2. The third-order valence-electron chi connectivity index (χ3n) is 7.86. The summed E-state index contributed by atoms with van der Waals surface area (Å²) in [7, 11) is 0. The van der Waals surface area contributed by atoms with E-state index < -0.39 is 0 Å². The molecule has 5 aromatic carbocycles. The number of fused-ring (bicyclic) bond motifs is 5. The molecule has 0 bridgehead atoms. The summed E-state index contributed by atoms with van der Waals surface area (Å²) in [6.45, 7) is 0. The summed E-state index contributed by atoms with van der Waals surface area (Å²) < 4.78 is 6.35. The summed E-state index contributed by atoms with van der Waals surface area (Å²) in [5.41, 5.74) is 6.05. The predicted molar refractivity (Wildman–Crippen MR) is 167 cm³/mol. The lowest BCUT2D eigenvalue weighted by Crippen LogP contribution is -2.08. The molecule has 0 saturated carbocycles. The van der Waals surface area contributed by atoms with Crippen molar-refractivity contribution in [2.75, 3.05) is 0 Å². The van der Waals surface area contributed by atoms with Crippen LogP contribution in [-0.2, 0) is 0 Å². The predicted octanol–water partition coefficient (Wildman–Crippen LogP) is 9.52. The molecule has 7 aromatic rings. The van der Waals surface area contributed by atoms with Crippen LogP contribution in [0.2, 0.25) is 0 Å². The topological polar surface area (TPSA) is 51.8 Å². The van der Waals surface area contributed by atoms with E-state index in [1.54, 1.807) is 0 Å². The molecule has 1 unspecified atom stereocenters. The Morgan fingerprint density at radius 1 is 0.537 bits per heavy atom. The van der Waals surface area contributed by atoms with E-state index in [0.717, 1.165) is 61.6 Å². The first-order chi connectivity index (χ1) is 20.3. The molecule has 1 aliphatic carbocycles. The third kappa shape index (κ3) is 4.12. The van der Waals surface area contributed by atoms with Crippen LogP contribution in [0, 0.1) is 0 Å². The number of furan rings is 1. The van der Waals surface area contributed by atoms with Crippen molar-refractivity contribution >= 4 is 32.7 Å². The van der Waals surface area contributed by atoms with Crippen molar-refractivity contribution in [3.63, 3.8) is 0 Å². The maximum Gasteiger partial charge on any atom is 0.164 e. The smallest absolute Gasteiger partial charge is 0.164 e. The van der Waals surface area contributed by atoms with Crippen molar-refractivity contribution in [1.82, 2.24) is 15.0 Å². The summed E-state index contributed by atoms with van der Waals surface area (Å²) in [5, 5.41) is 4.34. The summed E-state index contributed by atoms with van der Waals surface area (Å²) in [6, 6.07) is 37.6. The Morgan fingerprint density at radius 3 is 2.10 bits per heavy atom. The van der Waals surface area contributed by atoms with Crippen molar-refractivity contribution in [3.8, 4) is 33.9 Å². The SMILES string of the molecule is C1=CCC(c2nc(-c3ccc(-c4ccccc4)cc3)nc(-c3cccc4c3ccc3c5ccccc5oc43)n2)C=C1. The van der Waals surface area contributed by atoms with E-state index in [1.807, 2.05) is 24.3 Å². The number of hydrogen-bond acceptors (Lipinski definition) is 4. The lowest BCUT2D eigenvalue weighted by molar-refractivity contribution is 0.672. The maximum absolute atomic E-state index is 6.35. The van der Waals surface area contributed by atoms with Gasteiger partial charge in [0.1, 0.15) is 17.0 Å². The standard InChI is InChI=1S/C37H25N3O/c1-3-10-24(11-4-1)25-18-20-27(21-19-25)36-38-35(26-12-5-2-6-13-26)39-37(40-36)32-16-9-15-30-28(32)22-23-31-29-14-7-8-17-33(29)41-34(30)31/h1-12,14-23,26H,13H2. The molecule has 41 heavy (non-hydrogen) atoms. The van der Waals surface area contributed by atoms with E-state index in [4.69, 9.17) is 19.4 Å². The number of hydrogen-bond donors (Lipinski definition) is 0. The molecule has 8 rings (SSSR count). The third-order valence-corrected chi connectivity index (χ3v) is 7.86. The van der Waals surface area contributed by atoms with Crippen LogP contribution in [0.3, 0.4) is 0 Å². The van der Waals surface area contributed by atoms with Crippen molar-refractivity contribution in [1.29, 1.82) is 0 Å². The summed E-state index contributed by atoms with van der Waals surface area (Å²) in [5.74, 6) is 2.22. The van der Waals surface area contributed by atoms with E-state index in [2.05, 4.69) is 109 Å². The molecule has 4 heteroatoms. The van der Waals surface area contributed by atoms with Gasteiger partial charge in [0.05, 0.1) is 0 Å². The lowest BCUT2D eigenvalue weighted by Gasteiger charge is -2.15. The Balaban J connectivity index is 1.30. The monoisotopic (exact) mass is 527 g/mol. The van der Waals surface area contributed by atoms with Gasteiger partial charge in [-0.15, -0.1) is 0 Å². The fraction of sp³-hybridized carbons (Fsp3) is 0.0541. The Kier molecular flexibility index (Phi) is 5.56. The highest BCUT2D eigenvalue weighted by molar-refractivity contribution is 6.17. The van der Waals surface area contributed by atoms with Gasteiger partial charge in [-0.05, 0) is 35.1 Å². The molecule has 0 fully saturated rings. The molecule has 2 aromatic heterocycles. The van der Waals surface area contributed by atoms with Crippen LogP contribution in [0.15, 0.2) is 138 Å². The number of benzene rings is 5. The van der Waals surface area contributed by atoms with Gasteiger partial charge in [-0.2, -0.15) is 0 Å². The van der Waals surface area contributed by atoms with E-state index in [1.165, 1.54) is 5.56 Å². The molecule has 0 N–H and O–H groups in total. The van der Waals surface area contributed by atoms with E-state index in [9.17, 15) is 0 Å². The molecule has 2 heterocycles. The summed E-state index contributed by atoms with van der Waals surface area (Å²) in [6.07, 6.45) is 9.34.